The van der Waals surface area contributed by atoms with E-state index in [9.17, 15) is 0 Å². The first kappa shape index (κ1) is 15.6. The minimum atomic E-state index is 0.679. The number of rotatable bonds is 2. The number of hydrogen-bond donors (Lipinski definition) is 0. The van der Waals surface area contributed by atoms with Gasteiger partial charge in [0, 0.05) is 4.47 Å². The molecule has 0 N–H and O–H groups in total. The summed E-state index contributed by atoms with van der Waals surface area (Å²) < 4.78 is 1.11. The van der Waals surface area contributed by atoms with Crippen molar-refractivity contribution in [3.8, 4) is 28.3 Å². The molecule has 1 nitrogen and oxygen atoms in total. The largest absolute Gasteiger partial charge is 0.192 e. The molecule has 0 aliphatic heterocycles. The predicted octanol–water partition coefficient (Wildman–Crippen LogP) is 6.81. The maximum absolute atomic E-state index is 8.96. The van der Waals surface area contributed by atoms with Crippen LogP contribution >= 0.6 is 15.9 Å². The third kappa shape index (κ3) is 2.95. The second-order valence-corrected chi connectivity index (χ2v) is 6.76. The van der Waals surface area contributed by atoms with Gasteiger partial charge in [0.25, 0.3) is 0 Å². The van der Waals surface area contributed by atoms with Crippen LogP contribution in [0.25, 0.3) is 33.0 Å². The van der Waals surface area contributed by atoms with E-state index in [1.165, 1.54) is 21.9 Å². The number of halogens is 1. The molecule has 0 aliphatic carbocycles. The predicted molar refractivity (Wildman–Crippen MR) is 107 cm³/mol. The van der Waals surface area contributed by atoms with Crippen LogP contribution in [-0.4, -0.2) is 0 Å². The molecule has 0 heterocycles. The fourth-order valence-corrected chi connectivity index (χ4v) is 3.60. The van der Waals surface area contributed by atoms with Gasteiger partial charge in [-0.25, -0.2) is 0 Å². The van der Waals surface area contributed by atoms with Crippen LogP contribution in [-0.2, 0) is 0 Å². The molecule has 0 saturated heterocycles. The summed E-state index contributed by atoms with van der Waals surface area (Å²) in [4.78, 5) is 0. The van der Waals surface area contributed by atoms with Crippen molar-refractivity contribution >= 4 is 26.7 Å². The van der Waals surface area contributed by atoms with E-state index in [0.717, 1.165) is 15.6 Å². The Morgan fingerprint density at radius 3 is 2.12 bits per heavy atom. The molecule has 0 atom stereocenters. The van der Waals surface area contributed by atoms with Gasteiger partial charge in [0.15, 0.2) is 0 Å². The van der Waals surface area contributed by atoms with E-state index in [2.05, 4.69) is 82.7 Å². The summed E-state index contributed by atoms with van der Waals surface area (Å²) in [6, 6.07) is 31.1. The van der Waals surface area contributed by atoms with Gasteiger partial charge < -0.3 is 0 Å². The molecule has 0 radical (unpaired) electrons. The fraction of sp³-hybridized carbons (Fsp3) is 0. The summed E-state index contributed by atoms with van der Waals surface area (Å²) in [5.74, 6) is 0. The molecular weight excluding hydrogens is 370 g/mol. The van der Waals surface area contributed by atoms with Crippen molar-refractivity contribution in [2.75, 3.05) is 0 Å². The minimum absolute atomic E-state index is 0.679. The number of fused-ring (bicyclic) bond motifs is 1. The molecular formula is C23H14BrN. The Balaban J connectivity index is 1.85. The number of nitriles is 1. The Morgan fingerprint density at radius 2 is 1.36 bits per heavy atom. The van der Waals surface area contributed by atoms with Gasteiger partial charge in [-0.1, -0.05) is 76.6 Å². The van der Waals surface area contributed by atoms with Gasteiger partial charge in [0.2, 0.25) is 0 Å². The minimum Gasteiger partial charge on any atom is -0.192 e. The number of benzene rings is 4. The van der Waals surface area contributed by atoms with Crippen LogP contribution in [0.1, 0.15) is 5.56 Å². The quantitative estimate of drug-likeness (QED) is 0.373. The monoisotopic (exact) mass is 383 g/mol. The molecule has 4 aromatic carbocycles. The van der Waals surface area contributed by atoms with Gasteiger partial charge in [-0.2, -0.15) is 5.26 Å². The van der Waals surface area contributed by atoms with E-state index in [0.29, 0.717) is 5.56 Å². The van der Waals surface area contributed by atoms with Gasteiger partial charge in [-0.15, -0.1) is 0 Å². The van der Waals surface area contributed by atoms with E-state index < -0.39 is 0 Å². The molecule has 0 bridgehead atoms. The molecule has 0 unspecified atom stereocenters. The highest BCUT2D eigenvalue weighted by Gasteiger charge is 2.07. The first-order chi connectivity index (χ1) is 12.3. The first-order valence-corrected chi connectivity index (χ1v) is 8.84. The molecule has 0 saturated carbocycles. The van der Waals surface area contributed by atoms with Gasteiger partial charge in [0.1, 0.15) is 0 Å². The Morgan fingerprint density at radius 1 is 0.640 bits per heavy atom. The van der Waals surface area contributed by atoms with Gasteiger partial charge >= 0.3 is 0 Å². The molecule has 0 amide bonds. The maximum Gasteiger partial charge on any atom is 0.0991 e. The highest BCUT2D eigenvalue weighted by molar-refractivity contribution is 9.10. The van der Waals surface area contributed by atoms with E-state index in [-0.39, 0.29) is 0 Å². The zero-order valence-electron chi connectivity index (χ0n) is 13.4. The Kier molecular flexibility index (Phi) is 4.09. The highest BCUT2D eigenvalue weighted by atomic mass is 79.9. The smallest absolute Gasteiger partial charge is 0.0991 e. The molecule has 0 aliphatic rings. The average Bonchev–Trinajstić information content (AvgIpc) is 2.69. The molecule has 118 valence electrons. The van der Waals surface area contributed by atoms with E-state index in [1.807, 2.05) is 24.3 Å². The van der Waals surface area contributed by atoms with Crippen LogP contribution < -0.4 is 0 Å². The summed E-state index contributed by atoms with van der Waals surface area (Å²) in [5.41, 5.74) is 5.34. The van der Waals surface area contributed by atoms with Crippen LogP contribution in [0, 0.1) is 11.3 Å². The summed E-state index contributed by atoms with van der Waals surface area (Å²) in [6.07, 6.45) is 0. The van der Waals surface area contributed by atoms with Gasteiger partial charge in [-0.3, -0.25) is 0 Å². The van der Waals surface area contributed by atoms with Crippen molar-refractivity contribution in [3.63, 3.8) is 0 Å². The lowest BCUT2D eigenvalue weighted by Gasteiger charge is -2.10. The molecule has 2 heteroatoms. The molecule has 0 aromatic heterocycles. The third-order valence-corrected chi connectivity index (χ3v) is 5.08. The van der Waals surface area contributed by atoms with Crippen LogP contribution in [0.15, 0.2) is 89.4 Å². The Bertz CT molecular complexity index is 1100. The van der Waals surface area contributed by atoms with Crippen LogP contribution in [0.2, 0.25) is 0 Å². The second kappa shape index (κ2) is 6.55. The van der Waals surface area contributed by atoms with Crippen molar-refractivity contribution in [1.29, 1.82) is 5.26 Å². The average molecular weight is 384 g/mol. The molecule has 0 fully saturated rings. The van der Waals surface area contributed by atoms with Crippen molar-refractivity contribution in [3.05, 3.63) is 95.0 Å². The normalized spacial score (nSPS) is 10.6. The zero-order valence-corrected chi connectivity index (χ0v) is 15.0. The summed E-state index contributed by atoms with van der Waals surface area (Å²) in [6.45, 7) is 0. The fourth-order valence-electron chi connectivity index (χ4n) is 3.12. The zero-order chi connectivity index (χ0) is 17.2. The third-order valence-electron chi connectivity index (χ3n) is 4.39. The lowest BCUT2D eigenvalue weighted by atomic mass is 9.95. The van der Waals surface area contributed by atoms with Crippen LogP contribution in [0.4, 0.5) is 0 Å². The molecule has 4 rings (SSSR count). The van der Waals surface area contributed by atoms with Crippen molar-refractivity contribution in [2.24, 2.45) is 0 Å². The second-order valence-electron chi connectivity index (χ2n) is 5.91. The van der Waals surface area contributed by atoms with Crippen molar-refractivity contribution in [1.82, 2.24) is 0 Å². The van der Waals surface area contributed by atoms with E-state index in [1.54, 1.807) is 0 Å². The van der Waals surface area contributed by atoms with E-state index in [4.69, 9.17) is 5.26 Å². The molecule has 4 aromatic rings. The number of nitrogens with zero attached hydrogens (tertiary/aromatic N) is 1. The number of hydrogen-bond acceptors (Lipinski definition) is 1. The molecule has 25 heavy (non-hydrogen) atoms. The van der Waals surface area contributed by atoms with Crippen LogP contribution in [0.3, 0.4) is 0 Å². The van der Waals surface area contributed by atoms with Crippen molar-refractivity contribution < 1.29 is 0 Å². The van der Waals surface area contributed by atoms with Gasteiger partial charge in [-0.05, 0) is 57.3 Å². The Hall–Kier alpha value is -2.89. The maximum atomic E-state index is 8.96. The first-order valence-electron chi connectivity index (χ1n) is 8.04. The topological polar surface area (TPSA) is 23.8 Å². The lowest BCUT2D eigenvalue weighted by molar-refractivity contribution is 1.48. The van der Waals surface area contributed by atoms with E-state index >= 15 is 0 Å². The standard InChI is InChI=1S/C23H14BrN/c24-23-13-12-20(21-6-1-2-7-22(21)23)19-5-3-4-18(14-19)17-10-8-16(15-25)9-11-17/h1-14H. The van der Waals surface area contributed by atoms with Crippen molar-refractivity contribution in [2.45, 2.75) is 0 Å². The SMILES string of the molecule is N#Cc1ccc(-c2cccc(-c3ccc(Br)c4ccccc34)c2)cc1. The Labute approximate surface area is 155 Å². The van der Waals surface area contributed by atoms with Crippen LogP contribution in [0.5, 0.6) is 0 Å². The summed E-state index contributed by atoms with van der Waals surface area (Å²) in [7, 11) is 0. The summed E-state index contributed by atoms with van der Waals surface area (Å²) in [5, 5.41) is 11.4. The molecule has 0 spiro atoms. The lowest BCUT2D eigenvalue weighted by Crippen LogP contribution is -1.85. The summed E-state index contributed by atoms with van der Waals surface area (Å²) >= 11 is 3.64. The highest BCUT2D eigenvalue weighted by Crippen LogP contribution is 2.34. The van der Waals surface area contributed by atoms with Gasteiger partial charge in [0.05, 0.1) is 11.6 Å².